The summed E-state index contributed by atoms with van der Waals surface area (Å²) in [6, 6.07) is 6.71. The van der Waals surface area contributed by atoms with E-state index in [1.54, 1.807) is 0 Å². The standard InChI is InChI=1S/C13H18BrNO/c1-10-5-6-13(12(14)8-10)16-9-11-4-2-3-7-15-11/h5-6,8,11,15H,2-4,7,9H2,1H3. The van der Waals surface area contributed by atoms with Crippen molar-refractivity contribution in [2.45, 2.75) is 32.2 Å². The fourth-order valence-electron chi connectivity index (χ4n) is 1.98. The van der Waals surface area contributed by atoms with Crippen LogP contribution in [0.1, 0.15) is 24.8 Å². The molecule has 1 aliphatic rings. The van der Waals surface area contributed by atoms with Crippen LogP contribution in [0.2, 0.25) is 0 Å². The van der Waals surface area contributed by atoms with E-state index in [9.17, 15) is 0 Å². The summed E-state index contributed by atoms with van der Waals surface area (Å²) in [5.74, 6) is 0.943. The molecule has 88 valence electrons. The van der Waals surface area contributed by atoms with Gasteiger partial charge >= 0.3 is 0 Å². The molecule has 0 amide bonds. The zero-order valence-electron chi connectivity index (χ0n) is 9.63. The molecule has 0 radical (unpaired) electrons. The van der Waals surface area contributed by atoms with Gasteiger partial charge in [-0.05, 0) is 59.9 Å². The summed E-state index contributed by atoms with van der Waals surface area (Å²) in [6.45, 7) is 3.97. The summed E-state index contributed by atoms with van der Waals surface area (Å²) in [5, 5.41) is 3.48. The Kier molecular flexibility index (Phi) is 4.24. The number of piperidine rings is 1. The van der Waals surface area contributed by atoms with Crippen molar-refractivity contribution in [2.75, 3.05) is 13.2 Å². The quantitative estimate of drug-likeness (QED) is 0.919. The second kappa shape index (κ2) is 5.69. The Morgan fingerprint density at radius 3 is 3.00 bits per heavy atom. The number of halogens is 1. The van der Waals surface area contributed by atoms with Crippen molar-refractivity contribution in [3.63, 3.8) is 0 Å². The minimum atomic E-state index is 0.516. The molecule has 1 aromatic rings. The third-order valence-corrected chi connectivity index (χ3v) is 3.56. The number of aryl methyl sites for hydroxylation is 1. The van der Waals surface area contributed by atoms with Crippen molar-refractivity contribution in [3.8, 4) is 5.75 Å². The lowest BCUT2D eigenvalue weighted by Crippen LogP contribution is -2.38. The average Bonchev–Trinajstić information content (AvgIpc) is 2.29. The van der Waals surface area contributed by atoms with Crippen LogP contribution in [0.4, 0.5) is 0 Å². The van der Waals surface area contributed by atoms with Crippen LogP contribution < -0.4 is 10.1 Å². The summed E-state index contributed by atoms with van der Waals surface area (Å²) in [6.07, 6.45) is 3.84. The molecule has 3 heteroatoms. The molecule has 0 bridgehead atoms. The van der Waals surface area contributed by atoms with Crippen molar-refractivity contribution in [2.24, 2.45) is 0 Å². The Morgan fingerprint density at radius 1 is 1.44 bits per heavy atom. The Hall–Kier alpha value is -0.540. The summed E-state index contributed by atoms with van der Waals surface area (Å²) in [5.41, 5.74) is 1.25. The second-order valence-electron chi connectivity index (χ2n) is 4.39. The van der Waals surface area contributed by atoms with Crippen LogP contribution in [0.3, 0.4) is 0 Å². The number of ether oxygens (including phenoxy) is 1. The first-order valence-electron chi connectivity index (χ1n) is 5.88. The normalized spacial score (nSPS) is 20.8. The van der Waals surface area contributed by atoms with Gasteiger partial charge in [0.1, 0.15) is 12.4 Å². The maximum absolute atomic E-state index is 5.82. The molecule has 1 aromatic carbocycles. The van der Waals surface area contributed by atoms with E-state index in [1.807, 2.05) is 6.07 Å². The highest BCUT2D eigenvalue weighted by Crippen LogP contribution is 2.26. The second-order valence-corrected chi connectivity index (χ2v) is 5.25. The molecule has 0 saturated carbocycles. The van der Waals surface area contributed by atoms with Gasteiger partial charge in [-0.2, -0.15) is 0 Å². The average molecular weight is 284 g/mol. The van der Waals surface area contributed by atoms with E-state index in [2.05, 4.69) is 40.3 Å². The van der Waals surface area contributed by atoms with Crippen molar-refractivity contribution in [1.82, 2.24) is 5.32 Å². The molecule has 2 nitrogen and oxygen atoms in total. The number of hydrogen-bond donors (Lipinski definition) is 1. The van der Waals surface area contributed by atoms with Gasteiger partial charge in [0.05, 0.1) is 4.47 Å². The maximum atomic E-state index is 5.82. The molecule has 1 unspecified atom stereocenters. The van der Waals surface area contributed by atoms with Gasteiger partial charge in [-0.15, -0.1) is 0 Å². The fraction of sp³-hybridized carbons (Fsp3) is 0.538. The van der Waals surface area contributed by atoms with Crippen molar-refractivity contribution < 1.29 is 4.74 Å². The molecule has 16 heavy (non-hydrogen) atoms. The lowest BCUT2D eigenvalue weighted by Gasteiger charge is -2.23. The van der Waals surface area contributed by atoms with Gasteiger partial charge in [-0.25, -0.2) is 0 Å². The van der Waals surface area contributed by atoms with E-state index in [0.717, 1.165) is 23.4 Å². The molecule has 2 rings (SSSR count). The van der Waals surface area contributed by atoms with Gasteiger partial charge in [0.15, 0.2) is 0 Å². The van der Waals surface area contributed by atoms with Gasteiger partial charge in [0, 0.05) is 6.04 Å². The monoisotopic (exact) mass is 283 g/mol. The summed E-state index contributed by atoms with van der Waals surface area (Å²) < 4.78 is 6.87. The first-order valence-corrected chi connectivity index (χ1v) is 6.67. The number of benzene rings is 1. The lowest BCUT2D eigenvalue weighted by molar-refractivity contribution is 0.238. The van der Waals surface area contributed by atoms with Gasteiger partial charge in [-0.3, -0.25) is 0 Å². The number of rotatable bonds is 3. The number of nitrogens with one attached hydrogen (secondary N) is 1. The fourth-order valence-corrected chi connectivity index (χ4v) is 2.59. The Morgan fingerprint density at radius 2 is 2.31 bits per heavy atom. The minimum absolute atomic E-state index is 0.516. The molecular formula is C13H18BrNO. The third kappa shape index (κ3) is 3.22. The topological polar surface area (TPSA) is 21.3 Å². The van der Waals surface area contributed by atoms with Crippen molar-refractivity contribution in [3.05, 3.63) is 28.2 Å². The molecular weight excluding hydrogens is 266 g/mol. The molecule has 1 fully saturated rings. The van der Waals surface area contributed by atoms with E-state index < -0.39 is 0 Å². The van der Waals surface area contributed by atoms with Gasteiger partial charge in [0.25, 0.3) is 0 Å². The zero-order chi connectivity index (χ0) is 11.4. The van der Waals surface area contributed by atoms with E-state index >= 15 is 0 Å². The molecule has 1 atom stereocenters. The predicted molar refractivity (Wildman–Crippen MR) is 70.0 cm³/mol. The SMILES string of the molecule is Cc1ccc(OCC2CCCCN2)c(Br)c1. The first kappa shape index (κ1) is 11.9. The van der Waals surface area contributed by atoms with Crippen LogP contribution in [0, 0.1) is 6.92 Å². The van der Waals surface area contributed by atoms with Crippen LogP contribution in [-0.2, 0) is 0 Å². The van der Waals surface area contributed by atoms with E-state index in [0.29, 0.717) is 6.04 Å². The number of hydrogen-bond acceptors (Lipinski definition) is 2. The zero-order valence-corrected chi connectivity index (χ0v) is 11.2. The summed E-state index contributed by atoms with van der Waals surface area (Å²) >= 11 is 3.53. The third-order valence-electron chi connectivity index (χ3n) is 2.94. The Labute approximate surface area is 106 Å². The van der Waals surface area contributed by atoms with Gasteiger partial charge in [0.2, 0.25) is 0 Å². The Bertz CT molecular complexity index is 348. The van der Waals surface area contributed by atoms with Crippen LogP contribution >= 0.6 is 15.9 Å². The van der Waals surface area contributed by atoms with Crippen LogP contribution in [0.15, 0.2) is 22.7 Å². The molecule has 1 aliphatic heterocycles. The summed E-state index contributed by atoms with van der Waals surface area (Å²) in [4.78, 5) is 0. The Balaban J connectivity index is 1.88. The van der Waals surface area contributed by atoms with Crippen molar-refractivity contribution in [1.29, 1.82) is 0 Å². The van der Waals surface area contributed by atoms with Crippen molar-refractivity contribution >= 4 is 15.9 Å². The molecule has 0 spiro atoms. The highest BCUT2D eigenvalue weighted by atomic mass is 79.9. The van der Waals surface area contributed by atoms with Crippen LogP contribution in [-0.4, -0.2) is 19.2 Å². The molecule has 1 N–H and O–H groups in total. The minimum Gasteiger partial charge on any atom is -0.491 e. The van der Waals surface area contributed by atoms with Gasteiger partial charge in [-0.1, -0.05) is 12.5 Å². The van der Waals surface area contributed by atoms with Crippen LogP contribution in [0.5, 0.6) is 5.75 Å². The molecule has 0 aliphatic carbocycles. The largest absolute Gasteiger partial charge is 0.491 e. The maximum Gasteiger partial charge on any atom is 0.133 e. The van der Waals surface area contributed by atoms with E-state index in [1.165, 1.54) is 24.8 Å². The molecule has 0 aromatic heterocycles. The van der Waals surface area contributed by atoms with E-state index in [-0.39, 0.29) is 0 Å². The lowest BCUT2D eigenvalue weighted by atomic mass is 10.1. The predicted octanol–water partition coefficient (Wildman–Crippen LogP) is 3.28. The smallest absolute Gasteiger partial charge is 0.133 e. The highest BCUT2D eigenvalue weighted by molar-refractivity contribution is 9.10. The highest BCUT2D eigenvalue weighted by Gasteiger charge is 2.13. The molecule has 1 heterocycles. The van der Waals surface area contributed by atoms with E-state index in [4.69, 9.17) is 4.74 Å². The molecule has 1 saturated heterocycles. The first-order chi connectivity index (χ1) is 7.75. The summed E-state index contributed by atoms with van der Waals surface area (Å²) in [7, 11) is 0. The van der Waals surface area contributed by atoms with Gasteiger partial charge < -0.3 is 10.1 Å². The van der Waals surface area contributed by atoms with Crippen LogP contribution in [0.25, 0.3) is 0 Å².